The molecule has 0 radical (unpaired) electrons. The third-order valence-electron chi connectivity index (χ3n) is 3.39. The summed E-state index contributed by atoms with van der Waals surface area (Å²) in [5, 5.41) is 0. The van der Waals surface area contributed by atoms with Gasteiger partial charge >= 0.3 is 0 Å². The highest BCUT2D eigenvalue weighted by Crippen LogP contribution is 2.35. The molecule has 2 rings (SSSR count). The highest BCUT2D eigenvalue weighted by atomic mass is 16.5. The van der Waals surface area contributed by atoms with Gasteiger partial charge in [0.1, 0.15) is 0 Å². The van der Waals surface area contributed by atoms with E-state index in [1.807, 2.05) is 12.1 Å². The molecule has 1 heterocycles. The minimum atomic E-state index is 0.112. The molecule has 1 aliphatic rings. The molecule has 0 unspecified atom stereocenters. The summed E-state index contributed by atoms with van der Waals surface area (Å²) in [5.74, 6) is 0. The fourth-order valence-electron chi connectivity index (χ4n) is 2.39. The van der Waals surface area contributed by atoms with Crippen LogP contribution in [-0.4, -0.2) is 26.9 Å². The van der Waals surface area contributed by atoms with Crippen LogP contribution in [0.1, 0.15) is 18.4 Å². The Kier molecular flexibility index (Phi) is 3.46. The smallest absolute Gasteiger partial charge is 0.0560 e. The van der Waals surface area contributed by atoms with Crippen molar-refractivity contribution in [1.29, 1.82) is 0 Å². The van der Waals surface area contributed by atoms with E-state index in [1.165, 1.54) is 5.56 Å². The van der Waals surface area contributed by atoms with Crippen LogP contribution in [0, 0.1) is 0 Å². The van der Waals surface area contributed by atoms with Crippen LogP contribution in [0.3, 0.4) is 0 Å². The monoisotopic (exact) mass is 221 g/mol. The largest absolute Gasteiger partial charge is 0.399 e. The lowest BCUT2D eigenvalue weighted by Crippen LogP contribution is -2.37. The topological polar surface area (TPSA) is 44.5 Å². The van der Waals surface area contributed by atoms with Gasteiger partial charge in [0.25, 0.3) is 0 Å². The average molecular weight is 221 g/mol. The van der Waals surface area contributed by atoms with Crippen LogP contribution in [0.25, 0.3) is 0 Å². The summed E-state index contributed by atoms with van der Waals surface area (Å²) in [5.41, 5.74) is 7.95. The summed E-state index contributed by atoms with van der Waals surface area (Å²) in [6.45, 7) is 2.38. The molecule has 3 heteroatoms. The van der Waals surface area contributed by atoms with Gasteiger partial charge in [-0.3, -0.25) is 0 Å². The van der Waals surface area contributed by atoms with E-state index < -0.39 is 0 Å². The van der Waals surface area contributed by atoms with Crippen molar-refractivity contribution < 1.29 is 9.47 Å². The maximum Gasteiger partial charge on any atom is 0.0560 e. The molecule has 3 nitrogen and oxygen atoms in total. The first-order valence-electron chi connectivity index (χ1n) is 5.69. The molecule has 2 N–H and O–H groups in total. The average Bonchev–Trinajstić information content (AvgIpc) is 2.31. The number of methoxy groups -OCH3 is 1. The van der Waals surface area contributed by atoms with Crippen molar-refractivity contribution in [2.75, 3.05) is 32.7 Å². The Bertz CT molecular complexity index is 323. The molecule has 0 amide bonds. The van der Waals surface area contributed by atoms with Crippen molar-refractivity contribution in [2.24, 2.45) is 0 Å². The zero-order valence-corrected chi connectivity index (χ0v) is 9.74. The lowest BCUT2D eigenvalue weighted by Gasteiger charge is -2.37. The number of nitrogen functional groups attached to an aromatic ring is 1. The van der Waals surface area contributed by atoms with Gasteiger partial charge in [-0.25, -0.2) is 0 Å². The van der Waals surface area contributed by atoms with Gasteiger partial charge in [0, 0.05) is 31.4 Å². The Balaban J connectivity index is 2.26. The van der Waals surface area contributed by atoms with Crippen molar-refractivity contribution >= 4 is 5.69 Å². The van der Waals surface area contributed by atoms with Crippen LogP contribution in [0.5, 0.6) is 0 Å². The second-order valence-corrected chi connectivity index (χ2v) is 4.45. The Labute approximate surface area is 96.5 Å². The molecule has 1 aromatic carbocycles. The van der Waals surface area contributed by atoms with Gasteiger partial charge in [0.2, 0.25) is 0 Å². The number of anilines is 1. The van der Waals surface area contributed by atoms with Crippen LogP contribution in [0.4, 0.5) is 5.69 Å². The molecule has 1 fully saturated rings. The Morgan fingerprint density at radius 1 is 1.25 bits per heavy atom. The second kappa shape index (κ2) is 4.85. The molecule has 0 atom stereocenters. The molecule has 1 saturated heterocycles. The van der Waals surface area contributed by atoms with E-state index in [0.717, 1.165) is 38.3 Å². The summed E-state index contributed by atoms with van der Waals surface area (Å²) in [6.07, 6.45) is 2.04. The molecule has 88 valence electrons. The normalized spacial score (nSPS) is 19.6. The first kappa shape index (κ1) is 11.4. The van der Waals surface area contributed by atoms with Crippen molar-refractivity contribution in [1.82, 2.24) is 0 Å². The number of hydrogen-bond acceptors (Lipinski definition) is 3. The minimum Gasteiger partial charge on any atom is -0.399 e. The van der Waals surface area contributed by atoms with Crippen LogP contribution >= 0.6 is 0 Å². The van der Waals surface area contributed by atoms with E-state index in [1.54, 1.807) is 7.11 Å². The van der Waals surface area contributed by atoms with E-state index in [4.69, 9.17) is 15.2 Å². The lowest BCUT2D eigenvalue weighted by molar-refractivity contribution is 0.0136. The highest BCUT2D eigenvalue weighted by Gasteiger charge is 2.34. The van der Waals surface area contributed by atoms with Crippen LogP contribution in [0.2, 0.25) is 0 Å². The lowest BCUT2D eigenvalue weighted by atomic mass is 9.75. The zero-order chi connectivity index (χ0) is 11.4. The quantitative estimate of drug-likeness (QED) is 0.794. The predicted octanol–water partition coefficient (Wildman–Crippen LogP) is 1.96. The van der Waals surface area contributed by atoms with Gasteiger partial charge in [-0.2, -0.15) is 0 Å². The van der Waals surface area contributed by atoms with Crippen molar-refractivity contribution in [3.8, 4) is 0 Å². The van der Waals surface area contributed by atoms with Crippen molar-refractivity contribution in [3.63, 3.8) is 0 Å². The first-order valence-corrected chi connectivity index (χ1v) is 5.69. The fraction of sp³-hybridized carbons (Fsp3) is 0.538. The molecule has 1 aromatic rings. The maximum atomic E-state index is 5.72. The fourth-order valence-corrected chi connectivity index (χ4v) is 2.39. The van der Waals surface area contributed by atoms with Crippen molar-refractivity contribution in [3.05, 3.63) is 29.8 Å². The van der Waals surface area contributed by atoms with Gasteiger partial charge < -0.3 is 15.2 Å². The van der Waals surface area contributed by atoms with Gasteiger partial charge in [-0.1, -0.05) is 12.1 Å². The molecule has 0 aromatic heterocycles. The Morgan fingerprint density at radius 2 is 1.88 bits per heavy atom. The second-order valence-electron chi connectivity index (χ2n) is 4.45. The number of ether oxygens (including phenoxy) is 2. The maximum absolute atomic E-state index is 5.72. The first-order chi connectivity index (χ1) is 7.77. The van der Waals surface area contributed by atoms with E-state index in [9.17, 15) is 0 Å². The summed E-state index contributed by atoms with van der Waals surface area (Å²) >= 11 is 0. The molecule has 0 spiro atoms. The van der Waals surface area contributed by atoms with E-state index in [0.29, 0.717) is 0 Å². The highest BCUT2D eigenvalue weighted by molar-refractivity contribution is 5.41. The zero-order valence-electron chi connectivity index (χ0n) is 9.74. The molecular weight excluding hydrogens is 202 g/mol. The van der Waals surface area contributed by atoms with E-state index >= 15 is 0 Å². The SMILES string of the molecule is COCC1(c2ccc(N)cc2)CCOCC1. The number of nitrogens with two attached hydrogens (primary N) is 1. The predicted molar refractivity (Wildman–Crippen MR) is 64.5 cm³/mol. The number of rotatable bonds is 3. The van der Waals surface area contributed by atoms with Crippen LogP contribution in [-0.2, 0) is 14.9 Å². The van der Waals surface area contributed by atoms with Crippen molar-refractivity contribution in [2.45, 2.75) is 18.3 Å². The summed E-state index contributed by atoms with van der Waals surface area (Å²) < 4.78 is 10.8. The summed E-state index contributed by atoms with van der Waals surface area (Å²) in [4.78, 5) is 0. The third-order valence-corrected chi connectivity index (χ3v) is 3.39. The minimum absolute atomic E-state index is 0.112. The van der Waals surface area contributed by atoms with Gasteiger partial charge in [0.05, 0.1) is 6.61 Å². The van der Waals surface area contributed by atoms with E-state index in [-0.39, 0.29) is 5.41 Å². The molecule has 0 bridgehead atoms. The van der Waals surface area contributed by atoms with Crippen LogP contribution in [0.15, 0.2) is 24.3 Å². The van der Waals surface area contributed by atoms with Gasteiger partial charge in [0.15, 0.2) is 0 Å². The molecular formula is C13H19NO2. The Hall–Kier alpha value is -1.06. The molecule has 16 heavy (non-hydrogen) atoms. The van der Waals surface area contributed by atoms with E-state index in [2.05, 4.69) is 12.1 Å². The van der Waals surface area contributed by atoms with Gasteiger partial charge in [-0.05, 0) is 30.5 Å². The number of hydrogen-bond donors (Lipinski definition) is 1. The standard InChI is InChI=1S/C13H19NO2/c1-15-10-13(6-8-16-9-7-13)11-2-4-12(14)5-3-11/h2-5H,6-10,14H2,1H3. The third kappa shape index (κ3) is 2.20. The molecule has 1 aliphatic heterocycles. The Morgan fingerprint density at radius 3 is 2.44 bits per heavy atom. The molecule has 0 saturated carbocycles. The number of benzene rings is 1. The summed E-state index contributed by atoms with van der Waals surface area (Å²) in [7, 11) is 1.76. The van der Waals surface area contributed by atoms with Gasteiger partial charge in [-0.15, -0.1) is 0 Å². The summed E-state index contributed by atoms with van der Waals surface area (Å²) in [6, 6.07) is 8.14. The van der Waals surface area contributed by atoms with Crippen LogP contribution < -0.4 is 5.73 Å². The molecule has 0 aliphatic carbocycles.